The zero-order valence-electron chi connectivity index (χ0n) is 11.1. The number of rotatable bonds is 6. The number of benzene rings is 1. The maximum absolute atomic E-state index is 13.3. The van der Waals surface area contributed by atoms with Crippen LogP contribution in [0.2, 0.25) is 0 Å². The molecule has 21 heavy (non-hydrogen) atoms. The Balaban J connectivity index is 2.33. The van der Waals surface area contributed by atoms with Crippen molar-refractivity contribution in [3.8, 4) is 11.5 Å². The number of hydrogen-bond acceptors (Lipinski definition) is 6. The second-order valence-electron chi connectivity index (χ2n) is 4.22. The summed E-state index contributed by atoms with van der Waals surface area (Å²) in [5.41, 5.74) is -0.890. The van der Waals surface area contributed by atoms with Gasteiger partial charge in [0.15, 0.2) is 11.6 Å². The summed E-state index contributed by atoms with van der Waals surface area (Å²) in [5.74, 6) is -2.55. The zero-order valence-corrected chi connectivity index (χ0v) is 11.1. The first-order chi connectivity index (χ1) is 10.0. The Morgan fingerprint density at radius 1 is 1.33 bits per heavy atom. The lowest BCUT2D eigenvalue weighted by Crippen LogP contribution is -2.13. The molecular weight excluding hydrogens is 286 g/mol. The third-order valence-corrected chi connectivity index (χ3v) is 2.64. The molecule has 0 aliphatic rings. The second kappa shape index (κ2) is 6.35. The van der Waals surface area contributed by atoms with Gasteiger partial charge in [0, 0.05) is 0 Å². The van der Waals surface area contributed by atoms with E-state index in [-0.39, 0.29) is 23.9 Å². The molecule has 0 bridgehead atoms. The topological polar surface area (TPSA) is 94.1 Å². The van der Waals surface area contributed by atoms with E-state index < -0.39 is 22.2 Å². The molecule has 0 amide bonds. The molecule has 0 radical (unpaired) electrons. The van der Waals surface area contributed by atoms with E-state index in [1.807, 2.05) is 6.92 Å². The van der Waals surface area contributed by atoms with Crippen LogP contribution in [0.3, 0.4) is 0 Å². The fraction of sp³-hybridized carbons (Fsp3) is 0.333. The van der Waals surface area contributed by atoms with Gasteiger partial charge >= 0.3 is 0 Å². The van der Waals surface area contributed by atoms with E-state index in [0.717, 1.165) is 13.0 Å². The van der Waals surface area contributed by atoms with Crippen molar-refractivity contribution in [3.05, 3.63) is 39.8 Å². The Bertz CT molecular complexity index is 660. The van der Waals surface area contributed by atoms with Crippen LogP contribution in [0.15, 0.2) is 16.5 Å². The van der Waals surface area contributed by atoms with Crippen molar-refractivity contribution in [2.45, 2.75) is 19.9 Å². The van der Waals surface area contributed by atoms with Gasteiger partial charge in [-0.25, -0.2) is 8.78 Å². The summed E-state index contributed by atoms with van der Waals surface area (Å²) in [6, 6.07) is 1.16. The lowest BCUT2D eigenvalue weighted by Gasteiger charge is -2.00. The zero-order chi connectivity index (χ0) is 15.4. The van der Waals surface area contributed by atoms with Crippen molar-refractivity contribution in [1.82, 2.24) is 15.5 Å². The number of hydrogen-bond donors (Lipinski definition) is 1. The first-order valence-corrected chi connectivity index (χ1v) is 6.19. The van der Waals surface area contributed by atoms with E-state index in [1.54, 1.807) is 0 Å². The average Bonchev–Trinajstić information content (AvgIpc) is 2.90. The first-order valence-electron chi connectivity index (χ1n) is 6.19. The maximum atomic E-state index is 13.3. The fourth-order valence-corrected chi connectivity index (χ4v) is 1.66. The maximum Gasteiger partial charge on any atom is 0.285 e. The smallest absolute Gasteiger partial charge is 0.285 e. The summed E-state index contributed by atoms with van der Waals surface area (Å²) in [4.78, 5) is 10.1. The Kier molecular flexibility index (Phi) is 4.53. The van der Waals surface area contributed by atoms with E-state index in [9.17, 15) is 18.9 Å². The van der Waals surface area contributed by atoms with E-state index in [0.29, 0.717) is 12.1 Å². The van der Waals surface area contributed by atoms with Crippen molar-refractivity contribution in [2.75, 3.05) is 6.54 Å². The van der Waals surface area contributed by atoms with E-state index in [2.05, 4.69) is 15.5 Å². The van der Waals surface area contributed by atoms with Crippen LogP contribution in [0, 0.1) is 21.7 Å². The molecule has 0 saturated heterocycles. The molecule has 0 unspecified atom stereocenters. The summed E-state index contributed by atoms with van der Waals surface area (Å²) in [6.07, 6.45) is 0.912. The highest BCUT2D eigenvalue weighted by Gasteiger charge is 2.24. The summed E-state index contributed by atoms with van der Waals surface area (Å²) in [6.45, 7) is 3.01. The minimum Gasteiger partial charge on any atom is -0.419 e. The van der Waals surface area contributed by atoms with Crippen LogP contribution in [0.4, 0.5) is 14.5 Å². The van der Waals surface area contributed by atoms with Gasteiger partial charge in [-0.15, -0.1) is 10.2 Å². The van der Waals surface area contributed by atoms with Gasteiger partial charge < -0.3 is 9.73 Å². The molecule has 0 spiro atoms. The number of aromatic nitrogens is 2. The molecule has 1 N–H and O–H groups in total. The fourth-order valence-electron chi connectivity index (χ4n) is 1.66. The molecule has 0 saturated carbocycles. The van der Waals surface area contributed by atoms with Crippen LogP contribution in [-0.2, 0) is 6.54 Å². The Morgan fingerprint density at radius 3 is 2.71 bits per heavy atom. The molecule has 0 aliphatic carbocycles. The van der Waals surface area contributed by atoms with Crippen molar-refractivity contribution < 1.29 is 18.1 Å². The molecule has 1 aromatic carbocycles. The van der Waals surface area contributed by atoms with Gasteiger partial charge in [-0.2, -0.15) is 0 Å². The molecule has 0 fully saturated rings. The molecule has 1 aromatic heterocycles. The van der Waals surface area contributed by atoms with Gasteiger partial charge in [-0.05, 0) is 19.0 Å². The Morgan fingerprint density at radius 2 is 2.05 bits per heavy atom. The number of nitrogens with one attached hydrogen (secondary N) is 1. The van der Waals surface area contributed by atoms with Crippen LogP contribution >= 0.6 is 0 Å². The normalized spacial score (nSPS) is 10.8. The van der Waals surface area contributed by atoms with E-state index >= 15 is 0 Å². The molecule has 7 nitrogen and oxygen atoms in total. The lowest BCUT2D eigenvalue weighted by molar-refractivity contribution is -0.384. The third kappa shape index (κ3) is 3.37. The molecular formula is C12H12F2N4O3. The second-order valence-corrected chi connectivity index (χ2v) is 4.22. The van der Waals surface area contributed by atoms with Gasteiger partial charge in [0.2, 0.25) is 5.89 Å². The lowest BCUT2D eigenvalue weighted by atomic mass is 10.1. The van der Waals surface area contributed by atoms with Crippen LogP contribution in [0.25, 0.3) is 11.5 Å². The largest absolute Gasteiger partial charge is 0.419 e. The monoisotopic (exact) mass is 298 g/mol. The SMILES string of the molecule is CCCNCc1nnc(-c2cc(F)c(F)cc2[N+](=O)[O-])o1. The number of nitro groups is 1. The minimum absolute atomic E-state index is 0.206. The van der Waals surface area contributed by atoms with Crippen molar-refractivity contribution in [3.63, 3.8) is 0 Å². The summed E-state index contributed by atoms with van der Waals surface area (Å²) in [5, 5.41) is 21.2. The van der Waals surface area contributed by atoms with Crippen molar-refractivity contribution in [2.24, 2.45) is 0 Å². The van der Waals surface area contributed by atoms with Gasteiger partial charge in [-0.1, -0.05) is 6.92 Å². The van der Waals surface area contributed by atoms with Crippen LogP contribution in [0.1, 0.15) is 19.2 Å². The first kappa shape index (κ1) is 15.0. The minimum atomic E-state index is -1.31. The average molecular weight is 298 g/mol. The highest BCUT2D eigenvalue weighted by atomic mass is 19.2. The Labute approximate surface area is 118 Å². The predicted octanol–water partition coefficient (Wildman–Crippen LogP) is 2.42. The molecule has 9 heteroatoms. The quantitative estimate of drug-likeness (QED) is 0.500. The molecule has 1 heterocycles. The molecule has 0 atom stereocenters. The summed E-state index contributed by atoms with van der Waals surface area (Å²) >= 11 is 0. The molecule has 2 aromatic rings. The predicted molar refractivity (Wildman–Crippen MR) is 68.3 cm³/mol. The number of nitrogens with zero attached hydrogens (tertiary/aromatic N) is 3. The van der Waals surface area contributed by atoms with E-state index in [4.69, 9.17) is 4.42 Å². The van der Waals surface area contributed by atoms with Crippen molar-refractivity contribution >= 4 is 5.69 Å². The van der Waals surface area contributed by atoms with Gasteiger partial charge in [0.25, 0.3) is 11.6 Å². The number of halogens is 2. The van der Waals surface area contributed by atoms with Crippen LogP contribution in [-0.4, -0.2) is 21.7 Å². The number of nitro benzene ring substituents is 1. The van der Waals surface area contributed by atoms with Crippen LogP contribution < -0.4 is 5.32 Å². The highest BCUT2D eigenvalue weighted by Crippen LogP contribution is 2.30. The van der Waals surface area contributed by atoms with Gasteiger partial charge in [0.1, 0.15) is 5.56 Å². The third-order valence-electron chi connectivity index (χ3n) is 2.64. The standard InChI is InChI=1S/C12H12F2N4O3/c1-2-3-15-6-11-16-17-12(21-11)7-4-8(13)9(14)5-10(7)18(19)20/h4-5,15H,2-3,6H2,1H3. The molecule has 2 rings (SSSR count). The molecule has 112 valence electrons. The van der Waals surface area contributed by atoms with Crippen molar-refractivity contribution in [1.29, 1.82) is 0 Å². The van der Waals surface area contributed by atoms with Gasteiger partial charge in [0.05, 0.1) is 17.5 Å². The summed E-state index contributed by atoms with van der Waals surface area (Å²) < 4.78 is 31.6. The Hall–Kier alpha value is -2.42. The summed E-state index contributed by atoms with van der Waals surface area (Å²) in [7, 11) is 0. The van der Waals surface area contributed by atoms with E-state index in [1.165, 1.54) is 0 Å². The highest BCUT2D eigenvalue weighted by molar-refractivity contribution is 5.66. The van der Waals surface area contributed by atoms with Crippen LogP contribution in [0.5, 0.6) is 0 Å². The van der Waals surface area contributed by atoms with Gasteiger partial charge in [-0.3, -0.25) is 10.1 Å². The molecule has 0 aliphatic heterocycles.